The van der Waals surface area contributed by atoms with Crippen molar-refractivity contribution in [2.24, 2.45) is 5.11 Å². The lowest BCUT2D eigenvalue weighted by Crippen LogP contribution is -1.99. The van der Waals surface area contributed by atoms with Crippen LogP contribution in [0, 0.1) is 11.8 Å². The van der Waals surface area contributed by atoms with E-state index < -0.39 is 5.97 Å². The molecule has 1 N–H and O–H groups in total. The minimum absolute atomic E-state index is 0.00638. The van der Waals surface area contributed by atoms with Crippen molar-refractivity contribution in [2.75, 3.05) is 6.54 Å². The Morgan fingerprint density at radius 2 is 2.12 bits per heavy atom. The van der Waals surface area contributed by atoms with E-state index in [1.807, 2.05) is 0 Å². The van der Waals surface area contributed by atoms with Gasteiger partial charge in [-0.1, -0.05) is 29.1 Å². The Kier molecular flexibility index (Phi) is 4.45. The first kappa shape index (κ1) is 11.6. The molecule has 0 unspecified atom stereocenters. The van der Waals surface area contributed by atoms with Gasteiger partial charge in [-0.2, -0.15) is 0 Å². The number of benzene rings is 1. The van der Waals surface area contributed by atoms with Gasteiger partial charge in [-0.3, -0.25) is 4.79 Å². The number of hydrogen-bond donors (Lipinski definition) is 1. The minimum atomic E-state index is -0.859. The van der Waals surface area contributed by atoms with E-state index in [1.54, 1.807) is 24.3 Å². The molecular weight excluding hydrogens is 206 g/mol. The van der Waals surface area contributed by atoms with E-state index in [9.17, 15) is 4.79 Å². The average molecular weight is 215 g/mol. The number of carboxylic acids is 1. The summed E-state index contributed by atoms with van der Waals surface area (Å²) in [5.41, 5.74) is 9.51. The lowest BCUT2D eigenvalue weighted by molar-refractivity contribution is -0.136. The molecule has 1 rings (SSSR count). The van der Waals surface area contributed by atoms with Gasteiger partial charge in [-0.25, -0.2) is 0 Å². The Morgan fingerprint density at radius 3 is 2.69 bits per heavy atom. The van der Waals surface area contributed by atoms with E-state index in [2.05, 4.69) is 21.9 Å². The molecule has 0 amide bonds. The van der Waals surface area contributed by atoms with E-state index in [-0.39, 0.29) is 13.0 Å². The lowest BCUT2D eigenvalue weighted by atomic mass is 10.1. The molecule has 0 spiro atoms. The van der Waals surface area contributed by atoms with Crippen LogP contribution < -0.4 is 0 Å². The van der Waals surface area contributed by atoms with Crippen molar-refractivity contribution in [1.82, 2.24) is 0 Å². The van der Waals surface area contributed by atoms with Crippen molar-refractivity contribution >= 4 is 5.97 Å². The highest BCUT2D eigenvalue weighted by atomic mass is 16.4. The van der Waals surface area contributed by atoms with Crippen LogP contribution in [0.4, 0.5) is 0 Å². The molecule has 0 fully saturated rings. The zero-order chi connectivity index (χ0) is 11.8. The molecule has 0 radical (unpaired) electrons. The van der Waals surface area contributed by atoms with Gasteiger partial charge in [0.25, 0.3) is 0 Å². The highest BCUT2D eigenvalue weighted by molar-refractivity contribution is 5.70. The highest BCUT2D eigenvalue weighted by Gasteiger charge is 1.98. The van der Waals surface area contributed by atoms with E-state index in [4.69, 9.17) is 10.6 Å². The van der Waals surface area contributed by atoms with Crippen molar-refractivity contribution in [1.29, 1.82) is 0 Å². The molecule has 1 aromatic carbocycles. The van der Waals surface area contributed by atoms with Gasteiger partial charge in [0.1, 0.15) is 0 Å². The highest BCUT2D eigenvalue weighted by Crippen LogP contribution is 2.03. The van der Waals surface area contributed by atoms with Crippen molar-refractivity contribution in [2.45, 2.75) is 6.42 Å². The molecular formula is C11H9N3O2. The number of nitrogens with zero attached hydrogens (tertiary/aromatic N) is 3. The third kappa shape index (κ3) is 4.18. The van der Waals surface area contributed by atoms with Crippen LogP contribution in [0.1, 0.15) is 11.1 Å². The zero-order valence-electron chi connectivity index (χ0n) is 8.42. The van der Waals surface area contributed by atoms with Gasteiger partial charge in [0.05, 0.1) is 13.0 Å². The molecule has 80 valence electrons. The number of hydrogen-bond acceptors (Lipinski definition) is 2. The zero-order valence-corrected chi connectivity index (χ0v) is 8.42. The molecule has 0 aliphatic heterocycles. The van der Waals surface area contributed by atoms with Crippen LogP contribution in [0.2, 0.25) is 0 Å². The Labute approximate surface area is 92.3 Å². The summed E-state index contributed by atoms with van der Waals surface area (Å²) < 4.78 is 0. The summed E-state index contributed by atoms with van der Waals surface area (Å²) in [4.78, 5) is 13.0. The van der Waals surface area contributed by atoms with Crippen LogP contribution in [0.25, 0.3) is 10.4 Å². The lowest BCUT2D eigenvalue weighted by Gasteiger charge is -1.96. The number of azide groups is 1. The summed E-state index contributed by atoms with van der Waals surface area (Å²) >= 11 is 0. The summed E-state index contributed by atoms with van der Waals surface area (Å²) in [7, 11) is 0. The Hall–Kier alpha value is -2.44. The summed E-state index contributed by atoms with van der Waals surface area (Å²) in [6, 6.07) is 6.90. The topological polar surface area (TPSA) is 86.1 Å². The SMILES string of the molecule is [N-]=[N+]=NCC#Cc1ccc(CC(=O)O)cc1. The van der Waals surface area contributed by atoms with Crippen LogP contribution in [0.3, 0.4) is 0 Å². The maximum atomic E-state index is 10.4. The third-order valence-corrected chi connectivity index (χ3v) is 1.76. The molecule has 0 bridgehead atoms. The van der Waals surface area contributed by atoms with E-state index in [0.29, 0.717) is 0 Å². The standard InChI is InChI=1S/C11H9N3O2/c12-14-13-7-1-2-9-3-5-10(6-4-9)8-11(15)16/h3-6H,7-8H2,(H,15,16). The van der Waals surface area contributed by atoms with Crippen LogP contribution in [-0.4, -0.2) is 17.6 Å². The maximum absolute atomic E-state index is 10.4. The first-order valence-electron chi connectivity index (χ1n) is 4.53. The van der Waals surface area contributed by atoms with Crippen LogP contribution in [0.5, 0.6) is 0 Å². The number of carboxylic acid groups (broad SMARTS) is 1. The van der Waals surface area contributed by atoms with Crippen LogP contribution >= 0.6 is 0 Å². The number of carbonyl (C=O) groups is 1. The molecule has 0 heterocycles. The second-order valence-corrected chi connectivity index (χ2v) is 2.96. The number of rotatable bonds is 3. The first-order chi connectivity index (χ1) is 7.72. The molecule has 0 saturated heterocycles. The Morgan fingerprint density at radius 1 is 1.44 bits per heavy atom. The van der Waals surface area contributed by atoms with Crippen LogP contribution in [0.15, 0.2) is 29.4 Å². The van der Waals surface area contributed by atoms with Gasteiger partial charge in [0.2, 0.25) is 0 Å². The Bertz CT molecular complexity index is 476. The summed E-state index contributed by atoms with van der Waals surface area (Å²) in [6.07, 6.45) is 0.00638. The fraction of sp³-hybridized carbons (Fsp3) is 0.182. The molecule has 16 heavy (non-hydrogen) atoms. The second kappa shape index (κ2) is 6.12. The average Bonchev–Trinajstić information content (AvgIpc) is 2.26. The van der Waals surface area contributed by atoms with Gasteiger partial charge in [-0.15, -0.1) is 0 Å². The van der Waals surface area contributed by atoms with E-state index in [0.717, 1.165) is 11.1 Å². The Balaban J connectivity index is 2.66. The monoisotopic (exact) mass is 215 g/mol. The molecule has 5 heteroatoms. The molecule has 5 nitrogen and oxygen atoms in total. The van der Waals surface area contributed by atoms with Gasteiger partial charge in [0.15, 0.2) is 0 Å². The second-order valence-electron chi connectivity index (χ2n) is 2.96. The van der Waals surface area contributed by atoms with Gasteiger partial charge in [0, 0.05) is 10.5 Å². The van der Waals surface area contributed by atoms with Gasteiger partial charge < -0.3 is 5.11 Å². The summed E-state index contributed by atoms with van der Waals surface area (Å²) in [5, 5.41) is 11.8. The van der Waals surface area contributed by atoms with Crippen molar-refractivity contribution in [3.8, 4) is 11.8 Å². The predicted octanol–water partition coefficient (Wildman–Crippen LogP) is 1.98. The number of aliphatic carboxylic acids is 1. The van der Waals surface area contributed by atoms with Gasteiger partial charge in [-0.05, 0) is 23.2 Å². The fourth-order valence-electron chi connectivity index (χ4n) is 1.09. The molecule has 1 aromatic rings. The minimum Gasteiger partial charge on any atom is -0.481 e. The van der Waals surface area contributed by atoms with Crippen molar-refractivity contribution in [3.05, 3.63) is 45.8 Å². The molecule has 0 aromatic heterocycles. The smallest absolute Gasteiger partial charge is 0.307 e. The maximum Gasteiger partial charge on any atom is 0.307 e. The quantitative estimate of drug-likeness (QED) is 0.361. The van der Waals surface area contributed by atoms with Crippen molar-refractivity contribution in [3.63, 3.8) is 0 Å². The summed E-state index contributed by atoms with van der Waals surface area (Å²) in [6.45, 7) is 0.132. The normalized spacial score (nSPS) is 8.50. The molecule has 0 aliphatic carbocycles. The van der Waals surface area contributed by atoms with Gasteiger partial charge >= 0.3 is 5.97 Å². The first-order valence-corrected chi connectivity index (χ1v) is 4.53. The predicted molar refractivity (Wildman–Crippen MR) is 58.7 cm³/mol. The summed E-state index contributed by atoms with van der Waals surface area (Å²) in [5.74, 6) is 4.61. The third-order valence-electron chi connectivity index (χ3n) is 1.76. The largest absolute Gasteiger partial charge is 0.481 e. The van der Waals surface area contributed by atoms with E-state index in [1.165, 1.54) is 0 Å². The van der Waals surface area contributed by atoms with Crippen molar-refractivity contribution < 1.29 is 9.90 Å². The molecule has 0 atom stereocenters. The van der Waals surface area contributed by atoms with E-state index >= 15 is 0 Å². The molecule has 0 saturated carbocycles. The fourth-order valence-corrected chi connectivity index (χ4v) is 1.09. The molecule has 0 aliphatic rings. The van der Waals surface area contributed by atoms with Crippen LogP contribution in [-0.2, 0) is 11.2 Å².